The van der Waals surface area contributed by atoms with Crippen LogP contribution in [0.3, 0.4) is 0 Å². The van der Waals surface area contributed by atoms with Crippen LogP contribution in [0.2, 0.25) is 0 Å². The van der Waals surface area contributed by atoms with Crippen molar-refractivity contribution in [2.24, 2.45) is 0 Å². The maximum absolute atomic E-state index is 6.61. The second-order valence-corrected chi connectivity index (χ2v) is 5.87. The molecule has 112 valence electrons. The first-order valence-corrected chi connectivity index (χ1v) is 7.96. The molecule has 0 spiro atoms. The van der Waals surface area contributed by atoms with E-state index in [9.17, 15) is 0 Å². The van der Waals surface area contributed by atoms with E-state index >= 15 is 0 Å². The number of ether oxygens (including phenoxy) is 1. The van der Waals surface area contributed by atoms with E-state index in [1.807, 2.05) is 13.0 Å². The van der Waals surface area contributed by atoms with Gasteiger partial charge in [-0.1, -0.05) is 49.7 Å². The zero-order chi connectivity index (χ0) is 15.2. The molecule has 0 fully saturated rings. The van der Waals surface area contributed by atoms with E-state index in [-0.39, 0.29) is 5.38 Å². The van der Waals surface area contributed by atoms with Crippen LogP contribution in [0.25, 0.3) is 0 Å². The smallest absolute Gasteiger partial charge is 0.122 e. The van der Waals surface area contributed by atoms with Gasteiger partial charge in [-0.3, -0.25) is 0 Å². The van der Waals surface area contributed by atoms with Crippen molar-refractivity contribution < 1.29 is 4.74 Å². The Bertz CT molecular complexity index is 575. The molecular weight excluding hydrogens is 280 g/mol. The molecule has 0 saturated heterocycles. The highest BCUT2D eigenvalue weighted by Gasteiger charge is 2.12. The molecule has 0 amide bonds. The molecule has 2 aromatic carbocycles. The summed E-state index contributed by atoms with van der Waals surface area (Å²) >= 11 is 6.61. The van der Waals surface area contributed by atoms with Gasteiger partial charge in [0.1, 0.15) is 5.75 Å². The lowest BCUT2D eigenvalue weighted by atomic mass is 10.00. The summed E-state index contributed by atoms with van der Waals surface area (Å²) in [6, 6.07) is 14.8. The van der Waals surface area contributed by atoms with Gasteiger partial charge in [-0.15, -0.1) is 11.6 Å². The molecule has 0 bridgehead atoms. The molecule has 0 aliphatic carbocycles. The van der Waals surface area contributed by atoms with Crippen LogP contribution in [0.1, 0.15) is 47.4 Å². The van der Waals surface area contributed by atoms with Gasteiger partial charge in [-0.25, -0.2) is 0 Å². The lowest BCUT2D eigenvalue weighted by Gasteiger charge is -2.13. The van der Waals surface area contributed by atoms with Crippen LogP contribution in [0, 0.1) is 6.92 Å². The van der Waals surface area contributed by atoms with Crippen molar-refractivity contribution in [3.8, 4) is 5.75 Å². The van der Waals surface area contributed by atoms with Crippen LogP contribution >= 0.6 is 11.6 Å². The van der Waals surface area contributed by atoms with Gasteiger partial charge in [-0.05, 0) is 48.1 Å². The van der Waals surface area contributed by atoms with Gasteiger partial charge < -0.3 is 4.74 Å². The molecule has 2 aromatic rings. The van der Waals surface area contributed by atoms with Crippen LogP contribution in [-0.2, 0) is 6.42 Å². The highest BCUT2D eigenvalue weighted by Crippen LogP contribution is 2.32. The van der Waals surface area contributed by atoms with Crippen molar-refractivity contribution in [3.05, 3.63) is 64.7 Å². The first kappa shape index (κ1) is 15.9. The first-order valence-electron chi connectivity index (χ1n) is 7.53. The minimum atomic E-state index is -0.139. The molecule has 1 unspecified atom stereocenters. The molecule has 21 heavy (non-hydrogen) atoms. The number of benzene rings is 2. The third-order valence-electron chi connectivity index (χ3n) is 3.82. The number of rotatable bonds is 6. The maximum Gasteiger partial charge on any atom is 0.122 e. The molecule has 0 aromatic heterocycles. The Morgan fingerprint density at radius 1 is 1.05 bits per heavy atom. The second-order valence-electron chi connectivity index (χ2n) is 5.44. The summed E-state index contributed by atoms with van der Waals surface area (Å²) in [7, 11) is 1.69. The second kappa shape index (κ2) is 7.51. The maximum atomic E-state index is 6.61. The predicted octanol–water partition coefficient (Wildman–Crippen LogP) is 5.67. The number of aryl methyl sites for hydroxylation is 2. The Hall–Kier alpha value is -1.47. The number of alkyl halides is 1. The Balaban J connectivity index is 2.17. The zero-order valence-corrected chi connectivity index (χ0v) is 13.8. The summed E-state index contributed by atoms with van der Waals surface area (Å²) in [6.45, 7) is 4.25. The van der Waals surface area contributed by atoms with Gasteiger partial charge in [0.05, 0.1) is 12.5 Å². The highest BCUT2D eigenvalue weighted by molar-refractivity contribution is 6.22. The normalized spacial score (nSPS) is 12.2. The van der Waals surface area contributed by atoms with Gasteiger partial charge in [0.2, 0.25) is 0 Å². The average Bonchev–Trinajstić information content (AvgIpc) is 2.53. The Kier molecular flexibility index (Phi) is 5.69. The average molecular weight is 303 g/mol. The van der Waals surface area contributed by atoms with Crippen LogP contribution in [0.4, 0.5) is 0 Å². The van der Waals surface area contributed by atoms with E-state index in [1.165, 1.54) is 18.4 Å². The minimum absolute atomic E-state index is 0.139. The molecule has 0 aliphatic heterocycles. The Morgan fingerprint density at radius 2 is 1.71 bits per heavy atom. The minimum Gasteiger partial charge on any atom is -0.496 e. The van der Waals surface area contributed by atoms with E-state index in [0.717, 1.165) is 28.9 Å². The number of hydrogen-bond acceptors (Lipinski definition) is 1. The zero-order valence-electron chi connectivity index (χ0n) is 13.0. The monoisotopic (exact) mass is 302 g/mol. The molecule has 2 heteroatoms. The molecule has 0 heterocycles. The number of halogens is 1. The van der Waals surface area contributed by atoms with Crippen LogP contribution < -0.4 is 4.74 Å². The number of methoxy groups -OCH3 is 1. The molecule has 0 saturated carbocycles. The standard InChI is InChI=1S/C19H23ClO/c1-4-5-6-15-8-11-16(12-9-15)19(20)17-10-7-14(2)18(13-17)21-3/h7-13,19H,4-6H2,1-3H3. The molecule has 1 nitrogen and oxygen atoms in total. The largest absolute Gasteiger partial charge is 0.496 e. The van der Waals surface area contributed by atoms with Crippen molar-refractivity contribution in [3.63, 3.8) is 0 Å². The number of hydrogen-bond donors (Lipinski definition) is 0. The quantitative estimate of drug-likeness (QED) is 0.624. The lowest BCUT2D eigenvalue weighted by Crippen LogP contribution is -1.96. The Morgan fingerprint density at radius 3 is 2.33 bits per heavy atom. The van der Waals surface area contributed by atoms with E-state index in [1.54, 1.807) is 7.11 Å². The number of unbranched alkanes of at least 4 members (excludes halogenated alkanes) is 1. The fraction of sp³-hybridized carbons (Fsp3) is 0.368. The van der Waals surface area contributed by atoms with E-state index in [0.29, 0.717) is 0 Å². The summed E-state index contributed by atoms with van der Waals surface area (Å²) in [5.74, 6) is 0.887. The molecule has 0 N–H and O–H groups in total. The van der Waals surface area contributed by atoms with Gasteiger partial charge >= 0.3 is 0 Å². The molecule has 1 atom stereocenters. The molecule has 0 aliphatic rings. The van der Waals surface area contributed by atoms with Crippen LogP contribution in [0.15, 0.2) is 42.5 Å². The summed E-state index contributed by atoms with van der Waals surface area (Å²) in [5.41, 5.74) is 4.70. The summed E-state index contributed by atoms with van der Waals surface area (Å²) in [4.78, 5) is 0. The van der Waals surface area contributed by atoms with Gasteiger partial charge in [0.15, 0.2) is 0 Å². The summed E-state index contributed by atoms with van der Waals surface area (Å²) < 4.78 is 5.38. The Labute approximate surface area is 132 Å². The van der Waals surface area contributed by atoms with Crippen LogP contribution in [-0.4, -0.2) is 7.11 Å². The lowest BCUT2D eigenvalue weighted by molar-refractivity contribution is 0.411. The topological polar surface area (TPSA) is 9.23 Å². The van der Waals surface area contributed by atoms with Crippen LogP contribution in [0.5, 0.6) is 5.75 Å². The molecule has 2 rings (SSSR count). The van der Waals surface area contributed by atoms with Crippen molar-refractivity contribution >= 4 is 11.6 Å². The summed E-state index contributed by atoms with van der Waals surface area (Å²) in [6.07, 6.45) is 3.60. The fourth-order valence-corrected chi connectivity index (χ4v) is 2.70. The highest BCUT2D eigenvalue weighted by atomic mass is 35.5. The molecule has 0 radical (unpaired) electrons. The van der Waals surface area contributed by atoms with Crippen molar-refractivity contribution in [1.29, 1.82) is 0 Å². The third-order valence-corrected chi connectivity index (χ3v) is 4.32. The van der Waals surface area contributed by atoms with Gasteiger partial charge in [0, 0.05) is 0 Å². The van der Waals surface area contributed by atoms with E-state index in [4.69, 9.17) is 16.3 Å². The third kappa shape index (κ3) is 4.01. The van der Waals surface area contributed by atoms with Gasteiger partial charge in [0.25, 0.3) is 0 Å². The van der Waals surface area contributed by atoms with Crippen molar-refractivity contribution in [2.45, 2.75) is 38.5 Å². The van der Waals surface area contributed by atoms with Gasteiger partial charge in [-0.2, -0.15) is 0 Å². The van der Waals surface area contributed by atoms with E-state index in [2.05, 4.69) is 43.3 Å². The van der Waals surface area contributed by atoms with E-state index < -0.39 is 0 Å². The molecular formula is C19H23ClO. The predicted molar refractivity (Wildman–Crippen MR) is 90.5 cm³/mol. The first-order chi connectivity index (χ1) is 10.2. The fourth-order valence-electron chi connectivity index (χ4n) is 2.42. The van der Waals surface area contributed by atoms with Crippen molar-refractivity contribution in [1.82, 2.24) is 0 Å². The SMILES string of the molecule is CCCCc1ccc(C(Cl)c2ccc(C)c(OC)c2)cc1. The summed E-state index contributed by atoms with van der Waals surface area (Å²) in [5, 5.41) is -0.139. The van der Waals surface area contributed by atoms with Crippen molar-refractivity contribution in [2.75, 3.05) is 7.11 Å².